The summed E-state index contributed by atoms with van der Waals surface area (Å²) in [6.07, 6.45) is 0.978. The van der Waals surface area contributed by atoms with Crippen molar-refractivity contribution in [2.45, 2.75) is 12.5 Å². The highest BCUT2D eigenvalue weighted by Crippen LogP contribution is 2.09. The van der Waals surface area contributed by atoms with Crippen LogP contribution in [0.25, 0.3) is 0 Å². The Morgan fingerprint density at radius 1 is 1.44 bits per heavy atom. The third kappa shape index (κ3) is 3.43. The highest BCUT2D eigenvalue weighted by molar-refractivity contribution is 5.82. The Hall–Kier alpha value is -0.650. The van der Waals surface area contributed by atoms with Gasteiger partial charge in [-0.05, 0) is 20.5 Å². The number of hydrogen-bond donors (Lipinski definition) is 1. The van der Waals surface area contributed by atoms with Crippen molar-refractivity contribution >= 4 is 5.91 Å². The molecule has 0 aromatic carbocycles. The fourth-order valence-electron chi connectivity index (χ4n) is 1.98. The van der Waals surface area contributed by atoms with E-state index in [4.69, 9.17) is 0 Å². The second-order valence-corrected chi connectivity index (χ2v) is 4.65. The average Bonchev–Trinajstić information content (AvgIpc) is 2.37. The monoisotopic (exact) mass is 229 g/mol. The van der Waals surface area contributed by atoms with Crippen LogP contribution < -0.4 is 0 Å². The van der Waals surface area contributed by atoms with Gasteiger partial charge in [0.25, 0.3) is 0 Å². The molecule has 0 saturated carbocycles. The summed E-state index contributed by atoms with van der Waals surface area (Å²) in [7, 11) is 5.83. The van der Waals surface area contributed by atoms with E-state index in [1.807, 2.05) is 14.1 Å². The minimum absolute atomic E-state index is 0.0405. The van der Waals surface area contributed by atoms with Crippen LogP contribution in [0.1, 0.15) is 6.42 Å². The molecule has 1 aliphatic heterocycles. The second-order valence-electron chi connectivity index (χ2n) is 4.65. The third-order valence-corrected chi connectivity index (χ3v) is 3.05. The summed E-state index contributed by atoms with van der Waals surface area (Å²) in [6.45, 7) is 3.32. The maximum absolute atomic E-state index is 11.9. The van der Waals surface area contributed by atoms with Gasteiger partial charge in [-0.15, -0.1) is 0 Å². The molecule has 1 amide bonds. The van der Waals surface area contributed by atoms with Gasteiger partial charge in [-0.3, -0.25) is 9.69 Å². The first-order valence-corrected chi connectivity index (χ1v) is 5.81. The van der Waals surface area contributed by atoms with Crippen molar-refractivity contribution in [1.29, 1.82) is 0 Å². The van der Waals surface area contributed by atoms with Crippen molar-refractivity contribution in [2.75, 3.05) is 53.9 Å². The van der Waals surface area contributed by atoms with Gasteiger partial charge < -0.3 is 14.9 Å². The Balaban J connectivity index is 2.62. The molecule has 1 atom stereocenters. The Morgan fingerprint density at radius 3 is 2.69 bits per heavy atom. The van der Waals surface area contributed by atoms with E-state index in [0.29, 0.717) is 0 Å². The van der Waals surface area contributed by atoms with Gasteiger partial charge in [0, 0.05) is 33.2 Å². The number of likely N-dealkylation sites (N-methyl/N-ethyl adjacent to an activating group) is 2. The van der Waals surface area contributed by atoms with E-state index in [0.717, 1.165) is 32.6 Å². The molecule has 5 nitrogen and oxygen atoms in total. The van der Waals surface area contributed by atoms with Crippen molar-refractivity contribution < 1.29 is 9.90 Å². The lowest BCUT2D eigenvalue weighted by molar-refractivity contribution is -0.135. The van der Waals surface area contributed by atoms with Crippen molar-refractivity contribution in [2.24, 2.45) is 0 Å². The molecule has 1 fully saturated rings. The lowest BCUT2D eigenvalue weighted by Gasteiger charge is -2.29. The highest BCUT2D eigenvalue weighted by Gasteiger charge is 2.29. The molecule has 0 spiro atoms. The molecule has 1 saturated heterocycles. The zero-order chi connectivity index (χ0) is 12.1. The summed E-state index contributed by atoms with van der Waals surface area (Å²) in [4.78, 5) is 17.8. The summed E-state index contributed by atoms with van der Waals surface area (Å²) in [5.41, 5.74) is 0. The number of amides is 1. The molecular formula is C11H23N3O2. The predicted octanol–water partition coefficient (Wildman–Crippen LogP) is -0.927. The molecule has 1 aliphatic rings. The predicted molar refractivity (Wildman–Crippen MR) is 63.3 cm³/mol. The van der Waals surface area contributed by atoms with E-state index in [9.17, 15) is 9.90 Å². The lowest BCUT2D eigenvalue weighted by atomic mass is 10.2. The summed E-state index contributed by atoms with van der Waals surface area (Å²) in [6, 6.07) is -0.354. The van der Waals surface area contributed by atoms with E-state index in [2.05, 4.69) is 9.80 Å². The van der Waals surface area contributed by atoms with Crippen molar-refractivity contribution in [3.05, 3.63) is 0 Å². The van der Waals surface area contributed by atoms with Crippen LogP contribution in [0.3, 0.4) is 0 Å². The lowest BCUT2D eigenvalue weighted by Crippen LogP contribution is -2.48. The molecule has 5 heteroatoms. The van der Waals surface area contributed by atoms with E-state index in [1.54, 1.807) is 11.9 Å². The van der Waals surface area contributed by atoms with Crippen LogP contribution in [-0.2, 0) is 4.79 Å². The zero-order valence-electron chi connectivity index (χ0n) is 10.5. The number of aliphatic hydroxyl groups is 1. The Labute approximate surface area is 97.6 Å². The Bertz CT molecular complexity index is 233. The standard InChI is InChI=1S/C11H23N3O2/c1-12(2)7-8-14-6-4-5-13(3)11(16)10(14)9-15/h10,15H,4-9H2,1-3H3. The van der Waals surface area contributed by atoms with Crippen molar-refractivity contribution in [3.63, 3.8) is 0 Å². The average molecular weight is 229 g/mol. The van der Waals surface area contributed by atoms with Gasteiger partial charge in [0.1, 0.15) is 6.04 Å². The number of nitrogens with zero attached hydrogens (tertiary/aromatic N) is 3. The maximum Gasteiger partial charge on any atom is 0.242 e. The van der Waals surface area contributed by atoms with E-state index >= 15 is 0 Å². The topological polar surface area (TPSA) is 47.0 Å². The van der Waals surface area contributed by atoms with Crippen LogP contribution in [0.4, 0.5) is 0 Å². The first-order valence-electron chi connectivity index (χ1n) is 5.81. The molecule has 16 heavy (non-hydrogen) atoms. The number of carbonyl (C=O) groups is 1. The normalized spacial score (nSPS) is 23.9. The largest absolute Gasteiger partial charge is 0.394 e. The first-order chi connectivity index (χ1) is 7.56. The summed E-state index contributed by atoms with van der Waals surface area (Å²) in [5, 5.41) is 9.34. The van der Waals surface area contributed by atoms with Crippen LogP contribution in [0.5, 0.6) is 0 Å². The van der Waals surface area contributed by atoms with Gasteiger partial charge >= 0.3 is 0 Å². The number of carbonyl (C=O) groups excluding carboxylic acids is 1. The summed E-state index contributed by atoms with van der Waals surface area (Å²) in [5.74, 6) is 0.0405. The smallest absolute Gasteiger partial charge is 0.242 e. The van der Waals surface area contributed by atoms with Gasteiger partial charge in [-0.1, -0.05) is 0 Å². The Kier molecular flexibility index (Phi) is 5.18. The molecular weight excluding hydrogens is 206 g/mol. The summed E-state index contributed by atoms with van der Waals surface area (Å²) >= 11 is 0. The molecule has 0 aliphatic carbocycles. The molecule has 0 aromatic rings. The SMILES string of the molecule is CN(C)CCN1CCCN(C)C(=O)C1CO. The van der Waals surface area contributed by atoms with Gasteiger partial charge in [0.2, 0.25) is 5.91 Å². The molecule has 1 unspecified atom stereocenters. The van der Waals surface area contributed by atoms with Gasteiger partial charge in [0.05, 0.1) is 6.61 Å². The number of rotatable bonds is 4. The minimum Gasteiger partial charge on any atom is -0.394 e. The molecule has 94 valence electrons. The zero-order valence-corrected chi connectivity index (χ0v) is 10.5. The van der Waals surface area contributed by atoms with Crippen LogP contribution in [0, 0.1) is 0 Å². The van der Waals surface area contributed by atoms with Crippen LogP contribution in [0.2, 0.25) is 0 Å². The fourth-order valence-corrected chi connectivity index (χ4v) is 1.98. The Morgan fingerprint density at radius 2 is 2.12 bits per heavy atom. The molecule has 1 rings (SSSR count). The molecule has 1 heterocycles. The van der Waals surface area contributed by atoms with Crippen LogP contribution >= 0.6 is 0 Å². The quantitative estimate of drug-likeness (QED) is 0.677. The fraction of sp³-hybridized carbons (Fsp3) is 0.909. The van der Waals surface area contributed by atoms with Gasteiger partial charge in [-0.2, -0.15) is 0 Å². The van der Waals surface area contributed by atoms with E-state index in [-0.39, 0.29) is 18.6 Å². The minimum atomic E-state index is -0.354. The molecule has 1 N–H and O–H groups in total. The van der Waals surface area contributed by atoms with E-state index in [1.165, 1.54) is 0 Å². The number of aliphatic hydroxyl groups excluding tert-OH is 1. The highest BCUT2D eigenvalue weighted by atomic mass is 16.3. The first kappa shape index (κ1) is 13.4. The van der Waals surface area contributed by atoms with Crippen LogP contribution in [-0.4, -0.2) is 85.7 Å². The summed E-state index contributed by atoms with van der Waals surface area (Å²) < 4.78 is 0. The molecule has 0 radical (unpaired) electrons. The van der Waals surface area contributed by atoms with Gasteiger partial charge in [-0.25, -0.2) is 0 Å². The van der Waals surface area contributed by atoms with Crippen molar-refractivity contribution in [1.82, 2.24) is 14.7 Å². The second kappa shape index (κ2) is 6.18. The number of hydrogen-bond acceptors (Lipinski definition) is 4. The molecule has 0 aromatic heterocycles. The molecule has 0 bridgehead atoms. The third-order valence-electron chi connectivity index (χ3n) is 3.05. The van der Waals surface area contributed by atoms with Gasteiger partial charge in [0.15, 0.2) is 0 Å². The van der Waals surface area contributed by atoms with E-state index < -0.39 is 0 Å². The van der Waals surface area contributed by atoms with Crippen molar-refractivity contribution in [3.8, 4) is 0 Å². The van der Waals surface area contributed by atoms with Crippen LogP contribution in [0.15, 0.2) is 0 Å². The maximum atomic E-state index is 11.9.